The molecule has 0 N–H and O–H groups in total. The van der Waals surface area contributed by atoms with Crippen molar-refractivity contribution in [3.05, 3.63) is 97.6 Å². The SMILES string of the molecule is COc1ccc2nc3ccc4ccn(CCN5CCC(C6CCN(CCn7ccc8ccc9nc%10ccc(OC)cc%10c9c8c7)CC6)CC5)cc4c3c2c1. The normalized spacial score (nSPS) is 16.9. The minimum atomic E-state index is 0.865. The Morgan fingerprint density at radius 1 is 0.500 bits per heavy atom. The van der Waals surface area contributed by atoms with E-state index >= 15 is 0 Å². The number of hydrogen-bond acceptors (Lipinski definition) is 6. The Bertz CT molecular complexity index is 2460. The Labute approximate surface area is 315 Å². The van der Waals surface area contributed by atoms with Crippen molar-refractivity contribution in [2.24, 2.45) is 11.8 Å². The minimum Gasteiger partial charge on any atom is -0.497 e. The van der Waals surface area contributed by atoms with E-state index in [1.54, 1.807) is 14.2 Å². The summed E-state index contributed by atoms with van der Waals surface area (Å²) >= 11 is 0. The van der Waals surface area contributed by atoms with Crippen LogP contribution in [0.2, 0.25) is 0 Å². The fraction of sp³-hybridized carbons (Fsp3) is 0.348. The Hall–Kier alpha value is -5.18. The van der Waals surface area contributed by atoms with Crippen molar-refractivity contribution in [1.29, 1.82) is 0 Å². The molecule has 2 aliphatic rings. The van der Waals surface area contributed by atoms with Gasteiger partial charge in [0.2, 0.25) is 0 Å². The van der Waals surface area contributed by atoms with Gasteiger partial charge in [-0.05, 0) is 135 Å². The largest absolute Gasteiger partial charge is 0.497 e. The maximum Gasteiger partial charge on any atom is 0.119 e. The first-order chi connectivity index (χ1) is 26.6. The number of aromatic nitrogens is 4. The molecular formula is C46H48N6O2. The number of rotatable bonds is 9. The summed E-state index contributed by atoms with van der Waals surface area (Å²) in [5, 5.41) is 9.81. The predicted octanol–water partition coefficient (Wildman–Crippen LogP) is 9.14. The lowest BCUT2D eigenvalue weighted by molar-refractivity contribution is 0.0935. The Kier molecular flexibility index (Phi) is 8.60. The van der Waals surface area contributed by atoms with Gasteiger partial charge in [-0.2, -0.15) is 0 Å². The monoisotopic (exact) mass is 716 g/mol. The molecule has 8 heteroatoms. The van der Waals surface area contributed by atoms with E-state index in [4.69, 9.17) is 19.4 Å². The number of nitrogens with zero attached hydrogens (tertiary/aromatic N) is 6. The van der Waals surface area contributed by atoms with Crippen LogP contribution in [0, 0.1) is 11.8 Å². The third-order valence-electron chi connectivity index (χ3n) is 12.7. The zero-order valence-corrected chi connectivity index (χ0v) is 31.4. The molecule has 8 nitrogen and oxygen atoms in total. The van der Waals surface area contributed by atoms with Crippen LogP contribution in [0.25, 0.3) is 65.2 Å². The molecule has 4 aromatic heterocycles. The van der Waals surface area contributed by atoms with E-state index in [1.807, 2.05) is 12.1 Å². The Morgan fingerprint density at radius 2 is 0.926 bits per heavy atom. The molecule has 2 aliphatic heterocycles. The molecular weight excluding hydrogens is 669 g/mol. The molecule has 0 atom stereocenters. The van der Waals surface area contributed by atoms with E-state index < -0.39 is 0 Å². The molecule has 6 heterocycles. The number of methoxy groups -OCH3 is 2. The molecule has 0 bridgehead atoms. The van der Waals surface area contributed by atoms with Crippen molar-refractivity contribution in [3.8, 4) is 11.5 Å². The van der Waals surface area contributed by atoms with Crippen LogP contribution in [0.5, 0.6) is 11.5 Å². The summed E-state index contributed by atoms with van der Waals surface area (Å²) in [7, 11) is 3.45. The second-order valence-corrected chi connectivity index (χ2v) is 15.6. The highest BCUT2D eigenvalue weighted by Crippen LogP contribution is 2.36. The first kappa shape index (κ1) is 33.4. The molecule has 8 aromatic rings. The molecule has 0 aliphatic carbocycles. The van der Waals surface area contributed by atoms with E-state index in [9.17, 15) is 0 Å². The second-order valence-electron chi connectivity index (χ2n) is 15.6. The summed E-state index contributed by atoms with van der Waals surface area (Å²) in [6.45, 7) is 9.05. The average molecular weight is 717 g/mol. The lowest BCUT2D eigenvalue weighted by Crippen LogP contribution is -2.42. The van der Waals surface area contributed by atoms with Gasteiger partial charge in [0.15, 0.2) is 0 Å². The summed E-state index contributed by atoms with van der Waals surface area (Å²) in [4.78, 5) is 15.2. The summed E-state index contributed by atoms with van der Waals surface area (Å²) in [5.41, 5.74) is 4.15. The molecule has 4 aromatic carbocycles. The molecule has 0 saturated carbocycles. The smallest absolute Gasteiger partial charge is 0.119 e. The fourth-order valence-electron chi connectivity index (χ4n) is 9.57. The van der Waals surface area contributed by atoms with Crippen LogP contribution in [0.4, 0.5) is 0 Å². The third-order valence-corrected chi connectivity index (χ3v) is 12.7. The fourth-order valence-corrected chi connectivity index (χ4v) is 9.57. The zero-order valence-electron chi connectivity index (χ0n) is 31.4. The molecule has 0 unspecified atom stereocenters. The molecule has 10 rings (SSSR count). The lowest BCUT2D eigenvalue weighted by atomic mass is 9.79. The first-order valence-corrected chi connectivity index (χ1v) is 19.8. The van der Waals surface area contributed by atoms with E-state index in [0.29, 0.717) is 0 Å². The molecule has 0 amide bonds. The molecule has 274 valence electrons. The highest BCUT2D eigenvalue weighted by atomic mass is 16.5. The summed E-state index contributed by atoms with van der Waals surface area (Å²) in [5.74, 6) is 3.47. The van der Waals surface area contributed by atoms with Gasteiger partial charge in [0.05, 0.1) is 36.3 Å². The third kappa shape index (κ3) is 6.11. The van der Waals surface area contributed by atoms with E-state index in [1.165, 1.54) is 84.2 Å². The van der Waals surface area contributed by atoms with Crippen LogP contribution in [0.1, 0.15) is 25.7 Å². The van der Waals surface area contributed by atoms with Crippen molar-refractivity contribution in [2.75, 3.05) is 53.5 Å². The molecule has 2 saturated heterocycles. The Balaban J connectivity index is 0.732. The maximum absolute atomic E-state index is 5.55. The number of ether oxygens (including phenoxy) is 2. The number of pyridine rings is 2. The lowest BCUT2D eigenvalue weighted by Gasteiger charge is -2.40. The van der Waals surface area contributed by atoms with Gasteiger partial charge in [0, 0.05) is 83.3 Å². The minimum absolute atomic E-state index is 0.865. The zero-order chi connectivity index (χ0) is 36.2. The topological polar surface area (TPSA) is 60.6 Å². The molecule has 2 fully saturated rings. The number of benzene rings is 4. The van der Waals surface area contributed by atoms with E-state index in [0.717, 1.165) is 82.4 Å². The van der Waals surface area contributed by atoms with E-state index in [2.05, 4.69) is 104 Å². The summed E-state index contributed by atoms with van der Waals surface area (Å²) in [6.07, 6.45) is 14.5. The first-order valence-electron chi connectivity index (χ1n) is 19.8. The van der Waals surface area contributed by atoms with Gasteiger partial charge in [0.1, 0.15) is 11.5 Å². The van der Waals surface area contributed by atoms with Crippen molar-refractivity contribution >= 4 is 65.2 Å². The van der Waals surface area contributed by atoms with Gasteiger partial charge in [-0.25, -0.2) is 9.97 Å². The van der Waals surface area contributed by atoms with Crippen LogP contribution in [-0.4, -0.2) is 82.4 Å². The number of piperidine rings is 2. The summed E-state index contributed by atoms with van der Waals surface area (Å²) in [6, 6.07) is 25.6. The van der Waals surface area contributed by atoms with Gasteiger partial charge in [-0.3, -0.25) is 0 Å². The highest BCUT2D eigenvalue weighted by Gasteiger charge is 2.29. The van der Waals surface area contributed by atoms with Gasteiger partial charge < -0.3 is 28.4 Å². The number of likely N-dealkylation sites (tertiary alicyclic amines) is 2. The summed E-state index contributed by atoms with van der Waals surface area (Å²) < 4.78 is 15.8. The van der Waals surface area contributed by atoms with E-state index in [-0.39, 0.29) is 0 Å². The standard InChI is InChI=1S/C46H48N6O2/c1-53-35-5-9-41-37(27-35)45-39-29-51(21-15-33(39)3-7-43(45)47-41)25-23-49-17-11-31(12-18-49)32-13-19-50(20-14-32)24-26-52-22-16-34-4-8-44-46(40(34)30-52)38-28-36(54-2)6-10-42(38)48-44/h3-10,15-16,21-22,27-32H,11-14,17-20,23-26H2,1-2H3. The maximum atomic E-state index is 5.55. The Morgan fingerprint density at radius 3 is 1.35 bits per heavy atom. The van der Waals surface area contributed by atoms with Crippen LogP contribution >= 0.6 is 0 Å². The van der Waals surface area contributed by atoms with Crippen LogP contribution in [-0.2, 0) is 13.1 Å². The van der Waals surface area contributed by atoms with Gasteiger partial charge in [0.25, 0.3) is 0 Å². The molecule has 0 spiro atoms. The van der Waals surface area contributed by atoms with Gasteiger partial charge in [-0.15, -0.1) is 0 Å². The van der Waals surface area contributed by atoms with Crippen molar-refractivity contribution in [2.45, 2.75) is 38.8 Å². The van der Waals surface area contributed by atoms with Crippen LogP contribution in [0.15, 0.2) is 97.6 Å². The highest BCUT2D eigenvalue weighted by molar-refractivity contribution is 6.21. The molecule has 54 heavy (non-hydrogen) atoms. The predicted molar refractivity (Wildman–Crippen MR) is 221 cm³/mol. The quantitative estimate of drug-likeness (QED) is 0.149. The van der Waals surface area contributed by atoms with Crippen molar-refractivity contribution < 1.29 is 9.47 Å². The van der Waals surface area contributed by atoms with Crippen molar-refractivity contribution in [1.82, 2.24) is 28.9 Å². The van der Waals surface area contributed by atoms with Crippen LogP contribution in [0.3, 0.4) is 0 Å². The second kappa shape index (κ2) is 13.9. The number of hydrogen-bond donors (Lipinski definition) is 0. The number of fused-ring (bicyclic) bond motifs is 10. The van der Waals surface area contributed by atoms with Crippen LogP contribution < -0.4 is 9.47 Å². The average Bonchev–Trinajstić information content (AvgIpc) is 3.80. The molecule has 0 radical (unpaired) electrons. The van der Waals surface area contributed by atoms with Crippen molar-refractivity contribution in [3.63, 3.8) is 0 Å². The van der Waals surface area contributed by atoms with Gasteiger partial charge >= 0.3 is 0 Å². The van der Waals surface area contributed by atoms with Gasteiger partial charge in [-0.1, -0.05) is 12.1 Å².